The average Bonchev–Trinajstić information content (AvgIpc) is 2.45. The van der Waals surface area contributed by atoms with Crippen molar-refractivity contribution in [2.75, 3.05) is 0 Å². The fraction of sp³-hybridized carbons (Fsp3) is 0.250. The Morgan fingerprint density at radius 2 is 1.80 bits per heavy atom. The molecule has 0 bridgehead atoms. The smallest absolute Gasteiger partial charge is 0.165 e. The number of ether oxygens (including phenoxy) is 1. The van der Waals surface area contributed by atoms with Gasteiger partial charge in [-0.05, 0) is 42.7 Å². The van der Waals surface area contributed by atoms with Gasteiger partial charge in [0.2, 0.25) is 0 Å². The van der Waals surface area contributed by atoms with Crippen molar-refractivity contribution in [2.24, 2.45) is 5.73 Å². The van der Waals surface area contributed by atoms with Crippen LogP contribution in [-0.4, -0.2) is 6.04 Å². The van der Waals surface area contributed by atoms with Gasteiger partial charge in [-0.3, -0.25) is 0 Å². The summed E-state index contributed by atoms with van der Waals surface area (Å²) < 4.78 is 31.8. The summed E-state index contributed by atoms with van der Waals surface area (Å²) in [5, 5.41) is 0. The lowest BCUT2D eigenvalue weighted by Crippen LogP contribution is -2.21. The third-order valence-corrected chi connectivity index (χ3v) is 3.07. The highest BCUT2D eigenvalue weighted by atomic mass is 19.1. The van der Waals surface area contributed by atoms with E-state index >= 15 is 0 Å². The lowest BCUT2D eigenvalue weighted by Gasteiger charge is -2.10. The molecule has 4 heteroatoms. The molecule has 106 valence electrons. The lowest BCUT2D eigenvalue weighted by molar-refractivity contribution is 0.436. The Bertz CT molecular complexity index is 569. The summed E-state index contributed by atoms with van der Waals surface area (Å²) in [7, 11) is 0. The highest BCUT2D eigenvalue weighted by Gasteiger charge is 2.07. The second-order valence-electron chi connectivity index (χ2n) is 4.69. The zero-order valence-electron chi connectivity index (χ0n) is 11.3. The van der Waals surface area contributed by atoms with Gasteiger partial charge in [-0.2, -0.15) is 0 Å². The molecule has 0 radical (unpaired) electrons. The first-order valence-electron chi connectivity index (χ1n) is 6.56. The molecule has 0 fully saturated rings. The summed E-state index contributed by atoms with van der Waals surface area (Å²) in [6.45, 7) is 2.04. The summed E-state index contributed by atoms with van der Waals surface area (Å²) in [6, 6.07) is 10.4. The normalized spacial score (nSPS) is 12.2. The van der Waals surface area contributed by atoms with Gasteiger partial charge in [-0.1, -0.05) is 19.1 Å². The van der Waals surface area contributed by atoms with Crippen LogP contribution in [-0.2, 0) is 6.42 Å². The van der Waals surface area contributed by atoms with Gasteiger partial charge in [-0.25, -0.2) is 8.78 Å². The number of rotatable bonds is 5. The van der Waals surface area contributed by atoms with Crippen LogP contribution in [0.5, 0.6) is 11.5 Å². The predicted molar refractivity (Wildman–Crippen MR) is 74.8 cm³/mol. The minimum Gasteiger partial charge on any atom is -0.454 e. The fourth-order valence-corrected chi connectivity index (χ4v) is 1.82. The third-order valence-electron chi connectivity index (χ3n) is 3.07. The molecule has 0 spiro atoms. The molecule has 2 rings (SSSR count). The van der Waals surface area contributed by atoms with Crippen LogP contribution in [0.4, 0.5) is 8.78 Å². The van der Waals surface area contributed by atoms with Gasteiger partial charge >= 0.3 is 0 Å². The Morgan fingerprint density at radius 1 is 1.10 bits per heavy atom. The molecule has 2 aromatic rings. The molecule has 0 aliphatic heterocycles. The van der Waals surface area contributed by atoms with Crippen LogP contribution in [0.3, 0.4) is 0 Å². The highest BCUT2D eigenvalue weighted by molar-refractivity contribution is 5.34. The molecule has 20 heavy (non-hydrogen) atoms. The van der Waals surface area contributed by atoms with E-state index in [9.17, 15) is 8.78 Å². The van der Waals surface area contributed by atoms with Crippen LogP contribution in [0.15, 0.2) is 42.5 Å². The first-order chi connectivity index (χ1) is 9.58. The van der Waals surface area contributed by atoms with Crippen molar-refractivity contribution >= 4 is 0 Å². The van der Waals surface area contributed by atoms with E-state index < -0.39 is 11.6 Å². The average molecular weight is 277 g/mol. The molecule has 0 saturated carbocycles. The van der Waals surface area contributed by atoms with E-state index in [2.05, 4.69) is 0 Å². The van der Waals surface area contributed by atoms with Crippen LogP contribution in [0, 0.1) is 11.6 Å². The van der Waals surface area contributed by atoms with E-state index in [4.69, 9.17) is 10.5 Å². The number of hydrogen-bond donors (Lipinski definition) is 1. The molecule has 0 aromatic heterocycles. The van der Waals surface area contributed by atoms with Crippen LogP contribution < -0.4 is 10.5 Å². The first kappa shape index (κ1) is 14.5. The molecule has 2 nitrogen and oxygen atoms in total. The van der Waals surface area contributed by atoms with Gasteiger partial charge in [0.1, 0.15) is 11.6 Å². The highest BCUT2D eigenvalue weighted by Crippen LogP contribution is 2.25. The predicted octanol–water partition coefficient (Wildman–Crippen LogP) is 4.04. The zero-order valence-corrected chi connectivity index (χ0v) is 11.3. The molecule has 0 amide bonds. The molecule has 0 saturated heterocycles. The first-order valence-corrected chi connectivity index (χ1v) is 6.56. The molecule has 1 unspecified atom stereocenters. The Labute approximate surface area is 117 Å². The molecule has 1 atom stereocenters. The summed E-state index contributed by atoms with van der Waals surface area (Å²) in [6.07, 6.45) is 1.69. The monoisotopic (exact) mass is 277 g/mol. The van der Waals surface area contributed by atoms with Crippen LogP contribution in [0.1, 0.15) is 18.9 Å². The van der Waals surface area contributed by atoms with Crippen molar-refractivity contribution in [1.29, 1.82) is 0 Å². The molecular formula is C16H17F2NO. The Balaban J connectivity index is 2.09. The third kappa shape index (κ3) is 3.78. The van der Waals surface area contributed by atoms with E-state index in [0.29, 0.717) is 5.75 Å². The number of hydrogen-bond acceptors (Lipinski definition) is 2. The van der Waals surface area contributed by atoms with Gasteiger partial charge in [-0.15, -0.1) is 0 Å². The van der Waals surface area contributed by atoms with Crippen LogP contribution >= 0.6 is 0 Å². The summed E-state index contributed by atoms with van der Waals surface area (Å²) >= 11 is 0. The molecule has 0 aliphatic rings. The summed E-state index contributed by atoms with van der Waals surface area (Å²) in [5.41, 5.74) is 6.97. The number of benzene rings is 2. The quantitative estimate of drug-likeness (QED) is 0.895. The van der Waals surface area contributed by atoms with Crippen LogP contribution in [0.25, 0.3) is 0 Å². The minimum absolute atomic E-state index is 0.122. The lowest BCUT2D eigenvalue weighted by atomic mass is 10.0. The molecule has 2 N–H and O–H groups in total. The van der Waals surface area contributed by atoms with Crippen molar-refractivity contribution in [3.05, 3.63) is 59.7 Å². The maximum Gasteiger partial charge on any atom is 0.165 e. The van der Waals surface area contributed by atoms with E-state index in [0.717, 1.165) is 36.6 Å². The van der Waals surface area contributed by atoms with Crippen molar-refractivity contribution in [3.63, 3.8) is 0 Å². The number of halogens is 2. The van der Waals surface area contributed by atoms with Gasteiger partial charge in [0.05, 0.1) is 0 Å². The minimum atomic E-state index is -0.594. The largest absolute Gasteiger partial charge is 0.454 e. The fourth-order valence-electron chi connectivity index (χ4n) is 1.82. The van der Waals surface area contributed by atoms with Gasteiger partial charge in [0.15, 0.2) is 11.6 Å². The second-order valence-corrected chi connectivity index (χ2v) is 4.69. The maximum absolute atomic E-state index is 13.4. The number of nitrogens with two attached hydrogens (primary N) is 1. The SMILES string of the molecule is CCC(N)Cc1ccc(Oc2cc(F)ccc2F)cc1. The second kappa shape index (κ2) is 6.48. The maximum atomic E-state index is 13.4. The molecule has 2 aromatic carbocycles. The van der Waals surface area contributed by atoms with E-state index in [-0.39, 0.29) is 11.8 Å². The van der Waals surface area contributed by atoms with Gasteiger partial charge in [0, 0.05) is 12.1 Å². The van der Waals surface area contributed by atoms with Gasteiger partial charge < -0.3 is 10.5 Å². The Hall–Kier alpha value is -1.94. The Morgan fingerprint density at radius 3 is 2.45 bits per heavy atom. The Kier molecular flexibility index (Phi) is 4.69. The molecule has 0 heterocycles. The van der Waals surface area contributed by atoms with E-state index in [1.807, 2.05) is 19.1 Å². The van der Waals surface area contributed by atoms with Crippen molar-refractivity contribution in [1.82, 2.24) is 0 Å². The van der Waals surface area contributed by atoms with Gasteiger partial charge in [0.25, 0.3) is 0 Å². The summed E-state index contributed by atoms with van der Waals surface area (Å²) in [5.74, 6) is -0.790. The van der Waals surface area contributed by atoms with E-state index in [1.165, 1.54) is 0 Å². The van der Waals surface area contributed by atoms with E-state index in [1.54, 1.807) is 12.1 Å². The molecular weight excluding hydrogens is 260 g/mol. The van der Waals surface area contributed by atoms with Crippen molar-refractivity contribution < 1.29 is 13.5 Å². The topological polar surface area (TPSA) is 35.2 Å². The van der Waals surface area contributed by atoms with Crippen LogP contribution in [0.2, 0.25) is 0 Å². The summed E-state index contributed by atoms with van der Waals surface area (Å²) in [4.78, 5) is 0. The molecule has 0 aliphatic carbocycles. The van der Waals surface area contributed by atoms with Crippen molar-refractivity contribution in [3.8, 4) is 11.5 Å². The zero-order chi connectivity index (χ0) is 14.5. The van der Waals surface area contributed by atoms with Crippen molar-refractivity contribution in [2.45, 2.75) is 25.8 Å². The standard InChI is InChI=1S/C16H17F2NO/c1-2-13(19)9-11-3-6-14(7-4-11)20-16-10-12(17)5-8-15(16)18/h3-8,10,13H,2,9,19H2,1H3.